The zero-order chi connectivity index (χ0) is 11.3. The summed E-state index contributed by atoms with van der Waals surface area (Å²) < 4.78 is 36.6. The van der Waals surface area contributed by atoms with Gasteiger partial charge in [-0.3, -0.25) is 0 Å². The quantitative estimate of drug-likeness (QED) is 0.640. The summed E-state index contributed by atoms with van der Waals surface area (Å²) in [6.45, 7) is 0.105. The molecule has 0 aliphatic heterocycles. The van der Waals surface area contributed by atoms with Crippen LogP contribution in [0, 0.1) is 0 Å². The lowest BCUT2D eigenvalue weighted by atomic mass is 10.2. The molecule has 1 nitrogen and oxygen atoms in total. The second-order valence-corrected chi connectivity index (χ2v) is 4.12. The van der Waals surface area contributed by atoms with Crippen molar-refractivity contribution in [1.82, 2.24) is 0 Å². The Morgan fingerprint density at radius 3 is 2.20 bits per heavy atom. The minimum Gasteiger partial charge on any atom is -0.396 e. The summed E-state index contributed by atoms with van der Waals surface area (Å²) in [5.74, 6) is 0.710. The molecule has 0 aliphatic carbocycles. The Labute approximate surface area is 90.3 Å². The highest BCUT2D eigenvalue weighted by Gasteiger charge is 2.29. The maximum atomic E-state index is 12.2. The van der Waals surface area contributed by atoms with Crippen molar-refractivity contribution in [2.45, 2.75) is 17.5 Å². The van der Waals surface area contributed by atoms with Crippen LogP contribution in [-0.2, 0) is 6.18 Å². The summed E-state index contributed by atoms with van der Waals surface area (Å²) in [6.07, 6.45) is -3.63. The summed E-state index contributed by atoms with van der Waals surface area (Å²) in [6, 6.07) is 5.04. The summed E-state index contributed by atoms with van der Waals surface area (Å²) in [7, 11) is 0. The second kappa shape index (κ2) is 5.42. The molecule has 0 aliphatic rings. The topological polar surface area (TPSA) is 20.2 Å². The van der Waals surface area contributed by atoms with Crippen LogP contribution in [0.5, 0.6) is 0 Å². The molecular weight excluding hydrogens is 225 g/mol. The molecule has 84 valence electrons. The number of rotatable bonds is 4. The van der Waals surface area contributed by atoms with Gasteiger partial charge in [0.15, 0.2) is 0 Å². The van der Waals surface area contributed by atoms with E-state index in [-0.39, 0.29) is 6.61 Å². The number of hydrogen-bond donors (Lipinski definition) is 1. The van der Waals surface area contributed by atoms with Crippen molar-refractivity contribution in [3.05, 3.63) is 29.8 Å². The van der Waals surface area contributed by atoms with Crippen molar-refractivity contribution in [2.75, 3.05) is 12.4 Å². The molecule has 1 N–H and O–H groups in total. The summed E-state index contributed by atoms with van der Waals surface area (Å²) in [5.41, 5.74) is -0.631. The van der Waals surface area contributed by atoms with Gasteiger partial charge in [0.25, 0.3) is 0 Å². The minimum absolute atomic E-state index is 0.105. The summed E-state index contributed by atoms with van der Waals surface area (Å²) >= 11 is 1.44. The molecule has 1 aromatic rings. The van der Waals surface area contributed by atoms with Crippen molar-refractivity contribution >= 4 is 11.8 Å². The smallest absolute Gasteiger partial charge is 0.396 e. The van der Waals surface area contributed by atoms with Crippen LogP contribution in [0.15, 0.2) is 29.2 Å². The van der Waals surface area contributed by atoms with Gasteiger partial charge in [0.05, 0.1) is 5.56 Å². The Morgan fingerprint density at radius 1 is 1.13 bits per heavy atom. The molecule has 0 aromatic heterocycles. The van der Waals surface area contributed by atoms with Crippen molar-refractivity contribution in [3.63, 3.8) is 0 Å². The third-order valence-corrected chi connectivity index (χ3v) is 2.85. The molecule has 0 fully saturated rings. The highest BCUT2D eigenvalue weighted by atomic mass is 32.2. The molecule has 0 atom stereocenters. The Balaban J connectivity index is 2.57. The van der Waals surface area contributed by atoms with E-state index >= 15 is 0 Å². The third-order valence-electron chi connectivity index (χ3n) is 1.75. The van der Waals surface area contributed by atoms with Crippen LogP contribution < -0.4 is 0 Å². The number of halogens is 3. The molecule has 0 saturated carbocycles. The van der Waals surface area contributed by atoms with E-state index in [9.17, 15) is 13.2 Å². The molecule has 0 bridgehead atoms. The predicted octanol–water partition coefficient (Wildman–Crippen LogP) is 3.18. The highest BCUT2D eigenvalue weighted by Crippen LogP contribution is 2.30. The van der Waals surface area contributed by atoms with Crippen LogP contribution in [0.3, 0.4) is 0 Å². The molecular formula is C10H11F3OS. The fraction of sp³-hybridized carbons (Fsp3) is 0.400. The van der Waals surface area contributed by atoms with Crippen molar-refractivity contribution in [1.29, 1.82) is 0 Å². The third kappa shape index (κ3) is 4.13. The Morgan fingerprint density at radius 2 is 1.73 bits per heavy atom. The average Bonchev–Trinajstić information content (AvgIpc) is 2.18. The molecule has 1 aromatic carbocycles. The van der Waals surface area contributed by atoms with Crippen molar-refractivity contribution in [2.24, 2.45) is 0 Å². The van der Waals surface area contributed by atoms with Crippen LogP contribution >= 0.6 is 11.8 Å². The van der Waals surface area contributed by atoms with Gasteiger partial charge >= 0.3 is 6.18 Å². The first-order valence-corrected chi connectivity index (χ1v) is 5.43. The van der Waals surface area contributed by atoms with Gasteiger partial charge < -0.3 is 5.11 Å². The van der Waals surface area contributed by atoms with E-state index in [1.54, 1.807) is 0 Å². The number of aliphatic hydroxyl groups excluding tert-OH is 1. The van der Waals surface area contributed by atoms with E-state index < -0.39 is 11.7 Å². The molecule has 1 rings (SSSR count). The van der Waals surface area contributed by atoms with Gasteiger partial charge in [-0.25, -0.2) is 0 Å². The van der Waals surface area contributed by atoms with Crippen LogP contribution in [0.25, 0.3) is 0 Å². The summed E-state index contributed by atoms with van der Waals surface area (Å²) in [5, 5.41) is 8.53. The number of alkyl halides is 3. The van der Waals surface area contributed by atoms with Gasteiger partial charge in [-0.1, -0.05) is 0 Å². The van der Waals surface area contributed by atoms with E-state index in [4.69, 9.17) is 5.11 Å². The lowest BCUT2D eigenvalue weighted by molar-refractivity contribution is -0.137. The van der Waals surface area contributed by atoms with E-state index in [0.29, 0.717) is 12.2 Å². The Hall–Kier alpha value is -0.680. The van der Waals surface area contributed by atoms with Gasteiger partial charge in [0.1, 0.15) is 0 Å². The van der Waals surface area contributed by atoms with Crippen molar-refractivity contribution < 1.29 is 18.3 Å². The van der Waals surface area contributed by atoms with Gasteiger partial charge in [0.2, 0.25) is 0 Å². The standard InChI is InChI=1S/C10H11F3OS/c11-10(12,13)8-2-4-9(5-3-8)15-7-1-6-14/h2-5,14H,1,6-7H2. The second-order valence-electron chi connectivity index (χ2n) is 2.95. The maximum absolute atomic E-state index is 12.2. The molecule has 15 heavy (non-hydrogen) atoms. The van der Waals surface area contributed by atoms with E-state index in [1.165, 1.54) is 23.9 Å². The fourth-order valence-corrected chi connectivity index (χ4v) is 1.83. The van der Waals surface area contributed by atoms with Crippen LogP contribution in [0.1, 0.15) is 12.0 Å². The van der Waals surface area contributed by atoms with Gasteiger partial charge in [0, 0.05) is 17.3 Å². The molecule has 0 amide bonds. The lowest BCUT2D eigenvalue weighted by Crippen LogP contribution is -2.03. The zero-order valence-electron chi connectivity index (χ0n) is 7.92. The van der Waals surface area contributed by atoms with Crippen LogP contribution in [0.4, 0.5) is 13.2 Å². The molecule has 0 heterocycles. The molecule has 0 unspecified atom stereocenters. The summed E-state index contributed by atoms with van der Waals surface area (Å²) in [4.78, 5) is 0.788. The lowest BCUT2D eigenvalue weighted by Gasteiger charge is -2.07. The van der Waals surface area contributed by atoms with E-state index in [2.05, 4.69) is 0 Å². The number of hydrogen-bond acceptors (Lipinski definition) is 2. The monoisotopic (exact) mass is 236 g/mol. The Bertz CT molecular complexity index is 295. The van der Waals surface area contributed by atoms with Gasteiger partial charge in [-0.05, 0) is 30.7 Å². The zero-order valence-corrected chi connectivity index (χ0v) is 8.74. The van der Waals surface area contributed by atoms with Gasteiger partial charge in [-0.2, -0.15) is 13.2 Å². The normalized spacial score (nSPS) is 11.7. The molecule has 0 saturated heterocycles. The van der Waals surface area contributed by atoms with Crippen LogP contribution in [0.2, 0.25) is 0 Å². The predicted molar refractivity (Wildman–Crippen MR) is 53.9 cm³/mol. The molecule has 0 spiro atoms. The maximum Gasteiger partial charge on any atom is 0.416 e. The van der Waals surface area contributed by atoms with Crippen LogP contribution in [-0.4, -0.2) is 17.5 Å². The first-order valence-electron chi connectivity index (χ1n) is 4.45. The Kier molecular flexibility index (Phi) is 4.47. The minimum atomic E-state index is -4.27. The SMILES string of the molecule is OCCCSc1ccc(C(F)(F)F)cc1. The molecule has 5 heteroatoms. The first-order chi connectivity index (χ1) is 7.04. The number of benzene rings is 1. The van der Waals surface area contributed by atoms with Crippen molar-refractivity contribution in [3.8, 4) is 0 Å². The fourth-order valence-electron chi connectivity index (χ4n) is 0.995. The van der Waals surface area contributed by atoms with E-state index in [0.717, 1.165) is 17.0 Å². The average molecular weight is 236 g/mol. The molecule has 0 radical (unpaired) electrons. The number of aliphatic hydroxyl groups is 1. The highest BCUT2D eigenvalue weighted by molar-refractivity contribution is 7.99. The number of thioether (sulfide) groups is 1. The van der Waals surface area contributed by atoms with E-state index in [1.807, 2.05) is 0 Å². The largest absolute Gasteiger partial charge is 0.416 e. The van der Waals surface area contributed by atoms with Gasteiger partial charge in [-0.15, -0.1) is 11.8 Å². The first kappa shape index (κ1) is 12.4.